The predicted octanol–water partition coefficient (Wildman–Crippen LogP) is 3.98. The quantitative estimate of drug-likeness (QED) is 0.548. The number of nitrogens with one attached hydrogen (secondary N) is 1. The summed E-state index contributed by atoms with van der Waals surface area (Å²) in [6.07, 6.45) is 0. The zero-order valence-electron chi connectivity index (χ0n) is 17.2. The first-order chi connectivity index (χ1) is 14.7. The molecule has 2 aromatic carbocycles. The Morgan fingerprint density at radius 1 is 1.13 bits per heavy atom. The molecule has 0 spiro atoms. The van der Waals surface area contributed by atoms with Gasteiger partial charge in [0, 0.05) is 25.0 Å². The van der Waals surface area contributed by atoms with Crippen molar-refractivity contribution < 1.29 is 22.7 Å². The third-order valence-corrected chi connectivity index (χ3v) is 7.27. The molecule has 164 valence electrons. The van der Waals surface area contributed by atoms with Crippen molar-refractivity contribution in [3.05, 3.63) is 52.4 Å². The van der Waals surface area contributed by atoms with Crippen LogP contribution in [0.1, 0.15) is 10.4 Å². The van der Waals surface area contributed by atoms with Gasteiger partial charge in [0.05, 0.1) is 35.4 Å². The first-order valence-electron chi connectivity index (χ1n) is 8.88. The molecule has 11 heteroatoms. The molecular formula is C20H20ClN3O5S2. The van der Waals surface area contributed by atoms with Crippen LogP contribution >= 0.6 is 22.9 Å². The number of carbonyl (C=O) groups is 1. The number of carbonyl (C=O) groups excluding carboxylic acids is 1. The molecule has 3 rings (SSSR count). The summed E-state index contributed by atoms with van der Waals surface area (Å²) in [5, 5.41) is 4.88. The van der Waals surface area contributed by atoms with Crippen molar-refractivity contribution in [1.82, 2.24) is 9.29 Å². The molecule has 0 bridgehead atoms. The molecule has 0 atom stereocenters. The number of benzene rings is 2. The SMILES string of the molecule is COc1ccc(OC)c(-c2csc(NC(=O)c3cc(S(=O)(=O)N(C)C)ccc3Cl)n2)c1. The Kier molecular flexibility index (Phi) is 6.85. The number of amides is 1. The van der Waals surface area contributed by atoms with E-state index in [1.54, 1.807) is 37.8 Å². The highest BCUT2D eigenvalue weighted by atomic mass is 35.5. The summed E-state index contributed by atoms with van der Waals surface area (Å²) in [5.41, 5.74) is 1.32. The molecule has 0 aliphatic rings. The van der Waals surface area contributed by atoms with Crippen molar-refractivity contribution in [3.8, 4) is 22.8 Å². The summed E-state index contributed by atoms with van der Waals surface area (Å²) in [6, 6.07) is 9.29. The standard InChI is InChI=1S/C20H20ClN3O5S2/c1-24(2)31(26,27)13-6-7-16(21)14(10-13)19(25)23-20-22-17(11-30-20)15-9-12(28-3)5-8-18(15)29-4/h5-11H,1-4H3,(H,22,23,25). The monoisotopic (exact) mass is 481 g/mol. The van der Waals surface area contributed by atoms with Gasteiger partial charge >= 0.3 is 0 Å². The highest BCUT2D eigenvalue weighted by molar-refractivity contribution is 7.89. The average Bonchev–Trinajstić information content (AvgIpc) is 3.21. The maximum Gasteiger partial charge on any atom is 0.259 e. The normalized spacial score (nSPS) is 11.4. The van der Waals surface area contributed by atoms with Crippen molar-refractivity contribution in [2.24, 2.45) is 0 Å². The molecule has 1 N–H and O–H groups in total. The van der Waals surface area contributed by atoms with E-state index < -0.39 is 15.9 Å². The van der Waals surface area contributed by atoms with Crippen molar-refractivity contribution in [3.63, 3.8) is 0 Å². The van der Waals surface area contributed by atoms with Crippen LogP contribution in [0.3, 0.4) is 0 Å². The summed E-state index contributed by atoms with van der Waals surface area (Å²) in [5.74, 6) is 0.674. The van der Waals surface area contributed by atoms with Crippen LogP contribution in [0.4, 0.5) is 5.13 Å². The van der Waals surface area contributed by atoms with Crippen LogP contribution in [0.2, 0.25) is 5.02 Å². The third kappa shape index (κ3) is 4.82. The highest BCUT2D eigenvalue weighted by Crippen LogP contribution is 2.35. The van der Waals surface area contributed by atoms with Crippen molar-refractivity contribution in [1.29, 1.82) is 0 Å². The summed E-state index contributed by atoms with van der Waals surface area (Å²) in [4.78, 5) is 17.2. The molecule has 3 aromatic rings. The summed E-state index contributed by atoms with van der Waals surface area (Å²) < 4.78 is 36.4. The minimum atomic E-state index is -3.71. The number of anilines is 1. The van der Waals surface area contributed by atoms with E-state index in [0.717, 1.165) is 4.31 Å². The molecule has 1 amide bonds. The lowest BCUT2D eigenvalue weighted by molar-refractivity contribution is 0.102. The molecule has 0 radical (unpaired) electrons. The number of ether oxygens (including phenoxy) is 2. The summed E-state index contributed by atoms with van der Waals surface area (Å²) in [7, 11) is 2.22. The predicted molar refractivity (Wildman–Crippen MR) is 121 cm³/mol. The molecule has 0 fully saturated rings. The molecular weight excluding hydrogens is 462 g/mol. The van der Waals surface area contributed by atoms with Crippen LogP contribution in [0.15, 0.2) is 46.7 Å². The van der Waals surface area contributed by atoms with Crippen LogP contribution in [0.25, 0.3) is 11.3 Å². The highest BCUT2D eigenvalue weighted by Gasteiger charge is 2.21. The lowest BCUT2D eigenvalue weighted by Gasteiger charge is -2.13. The zero-order chi connectivity index (χ0) is 22.8. The van der Waals surface area contributed by atoms with Gasteiger partial charge in [0.15, 0.2) is 5.13 Å². The van der Waals surface area contributed by atoms with E-state index in [4.69, 9.17) is 21.1 Å². The second-order valence-electron chi connectivity index (χ2n) is 6.49. The summed E-state index contributed by atoms with van der Waals surface area (Å²) in [6.45, 7) is 0. The van der Waals surface area contributed by atoms with E-state index in [9.17, 15) is 13.2 Å². The third-order valence-electron chi connectivity index (χ3n) is 4.37. The first-order valence-corrected chi connectivity index (χ1v) is 11.6. The van der Waals surface area contributed by atoms with Gasteiger partial charge < -0.3 is 9.47 Å². The van der Waals surface area contributed by atoms with Crippen molar-refractivity contribution in [2.75, 3.05) is 33.6 Å². The van der Waals surface area contributed by atoms with Crippen LogP contribution in [0.5, 0.6) is 11.5 Å². The lowest BCUT2D eigenvalue weighted by atomic mass is 10.1. The maximum absolute atomic E-state index is 12.8. The second-order valence-corrected chi connectivity index (χ2v) is 9.90. The Bertz CT molecular complexity index is 1230. The van der Waals surface area contributed by atoms with Crippen LogP contribution < -0.4 is 14.8 Å². The number of methoxy groups -OCH3 is 2. The van der Waals surface area contributed by atoms with Gasteiger partial charge in [-0.15, -0.1) is 11.3 Å². The van der Waals surface area contributed by atoms with Gasteiger partial charge in [-0.25, -0.2) is 17.7 Å². The van der Waals surface area contributed by atoms with Gasteiger partial charge in [0.2, 0.25) is 10.0 Å². The minimum Gasteiger partial charge on any atom is -0.497 e. The number of halogens is 1. The number of hydrogen-bond acceptors (Lipinski definition) is 7. The molecule has 0 saturated heterocycles. The van der Waals surface area contributed by atoms with E-state index in [-0.39, 0.29) is 15.5 Å². The Morgan fingerprint density at radius 2 is 1.87 bits per heavy atom. The molecule has 0 unspecified atom stereocenters. The van der Waals surface area contributed by atoms with Crippen molar-refractivity contribution >= 4 is 44.0 Å². The Balaban J connectivity index is 1.89. The second kappa shape index (κ2) is 9.23. The molecule has 1 aromatic heterocycles. The fourth-order valence-corrected chi connectivity index (χ4v) is 4.52. The molecule has 0 aliphatic heterocycles. The number of thiazole rings is 1. The number of nitrogens with zero attached hydrogens (tertiary/aromatic N) is 2. The maximum atomic E-state index is 12.8. The average molecular weight is 482 g/mol. The zero-order valence-corrected chi connectivity index (χ0v) is 19.6. The van der Waals surface area contributed by atoms with Crippen LogP contribution in [-0.4, -0.2) is 51.9 Å². The number of rotatable bonds is 7. The number of sulfonamides is 1. The van der Waals surface area contributed by atoms with E-state index >= 15 is 0 Å². The minimum absolute atomic E-state index is 0.0281. The smallest absolute Gasteiger partial charge is 0.259 e. The molecule has 8 nitrogen and oxygen atoms in total. The van der Waals surface area contributed by atoms with Crippen LogP contribution in [-0.2, 0) is 10.0 Å². The topological polar surface area (TPSA) is 97.8 Å². The Labute approximate surface area is 189 Å². The Hall–Kier alpha value is -2.66. The lowest BCUT2D eigenvalue weighted by Crippen LogP contribution is -2.23. The fourth-order valence-electron chi connectivity index (χ4n) is 2.68. The van der Waals surface area contributed by atoms with Gasteiger partial charge in [0.1, 0.15) is 11.5 Å². The van der Waals surface area contributed by atoms with Gasteiger partial charge in [-0.05, 0) is 36.4 Å². The molecule has 0 aliphatic carbocycles. The molecule has 1 heterocycles. The largest absolute Gasteiger partial charge is 0.497 e. The van der Waals surface area contributed by atoms with E-state index in [0.29, 0.717) is 27.9 Å². The van der Waals surface area contributed by atoms with E-state index in [1.165, 1.54) is 43.6 Å². The van der Waals surface area contributed by atoms with Gasteiger partial charge in [0.25, 0.3) is 5.91 Å². The number of aromatic nitrogens is 1. The van der Waals surface area contributed by atoms with Gasteiger partial charge in [-0.1, -0.05) is 11.6 Å². The van der Waals surface area contributed by atoms with Crippen LogP contribution in [0, 0.1) is 0 Å². The van der Waals surface area contributed by atoms with Gasteiger partial charge in [-0.2, -0.15) is 0 Å². The molecule has 0 saturated carbocycles. The van der Waals surface area contributed by atoms with Crippen molar-refractivity contribution in [2.45, 2.75) is 4.90 Å². The number of hydrogen-bond donors (Lipinski definition) is 1. The van der Waals surface area contributed by atoms with Gasteiger partial charge in [-0.3, -0.25) is 10.1 Å². The first kappa shape index (κ1) is 23.0. The molecule has 31 heavy (non-hydrogen) atoms. The van der Waals surface area contributed by atoms with E-state index in [2.05, 4.69) is 10.3 Å². The fraction of sp³-hybridized carbons (Fsp3) is 0.200. The summed E-state index contributed by atoms with van der Waals surface area (Å²) >= 11 is 7.36. The Morgan fingerprint density at radius 3 is 2.52 bits per heavy atom. The van der Waals surface area contributed by atoms with E-state index in [1.807, 2.05) is 0 Å².